The van der Waals surface area contributed by atoms with E-state index in [0.29, 0.717) is 19.0 Å². The summed E-state index contributed by atoms with van der Waals surface area (Å²) in [5.74, 6) is -1.20. The number of rotatable bonds is 5. The highest BCUT2D eigenvalue weighted by molar-refractivity contribution is 6.05. The lowest BCUT2D eigenvalue weighted by Crippen LogP contribution is -2.38. The van der Waals surface area contributed by atoms with Crippen LogP contribution in [0.15, 0.2) is 18.2 Å². The topological polar surface area (TPSA) is 78.5 Å². The van der Waals surface area contributed by atoms with Crippen LogP contribution < -0.4 is 10.6 Å². The summed E-state index contributed by atoms with van der Waals surface area (Å²) in [5, 5.41) is 5.21. The summed E-state index contributed by atoms with van der Waals surface area (Å²) in [6, 6.07) is 3.64. The highest BCUT2D eigenvalue weighted by atomic mass is 19.1. The van der Waals surface area contributed by atoms with Crippen LogP contribution in [0.5, 0.6) is 0 Å². The van der Waals surface area contributed by atoms with Crippen LogP contribution in [0, 0.1) is 17.7 Å². The number of carbonyl (C=O) groups is 3. The predicted octanol–water partition coefficient (Wildman–Crippen LogP) is 1.77. The third-order valence-corrected chi connectivity index (χ3v) is 4.79. The van der Waals surface area contributed by atoms with Crippen molar-refractivity contribution >= 4 is 23.4 Å². The van der Waals surface area contributed by atoms with E-state index in [9.17, 15) is 18.8 Å². The molecule has 134 valence electrons. The van der Waals surface area contributed by atoms with E-state index in [0.717, 1.165) is 25.3 Å². The van der Waals surface area contributed by atoms with Crippen molar-refractivity contribution in [2.75, 3.05) is 25.0 Å². The van der Waals surface area contributed by atoms with E-state index in [-0.39, 0.29) is 35.5 Å². The summed E-state index contributed by atoms with van der Waals surface area (Å²) < 4.78 is 13.6. The van der Waals surface area contributed by atoms with Gasteiger partial charge in [0.2, 0.25) is 11.8 Å². The number of halogens is 1. The maximum absolute atomic E-state index is 13.6. The molecule has 2 aliphatic rings. The number of likely N-dealkylation sites (tertiary alicyclic amines) is 1. The molecule has 1 aliphatic carbocycles. The molecular weight excluding hydrogens is 325 g/mol. The zero-order chi connectivity index (χ0) is 18.0. The van der Waals surface area contributed by atoms with E-state index >= 15 is 0 Å². The molecule has 2 atom stereocenters. The first kappa shape index (κ1) is 17.4. The van der Waals surface area contributed by atoms with Gasteiger partial charge in [-0.05, 0) is 43.4 Å². The first-order valence-corrected chi connectivity index (χ1v) is 8.62. The number of benzene rings is 1. The van der Waals surface area contributed by atoms with Crippen molar-refractivity contribution < 1.29 is 18.8 Å². The quantitative estimate of drug-likeness (QED) is 0.852. The molecule has 1 aromatic carbocycles. The fraction of sp³-hybridized carbons (Fsp3) is 0.500. The Labute approximate surface area is 145 Å². The van der Waals surface area contributed by atoms with E-state index in [2.05, 4.69) is 10.6 Å². The maximum atomic E-state index is 13.6. The third kappa shape index (κ3) is 4.15. The molecule has 0 bridgehead atoms. The van der Waals surface area contributed by atoms with Crippen LogP contribution in [0.2, 0.25) is 0 Å². The average molecular weight is 347 g/mol. The van der Waals surface area contributed by atoms with Crippen molar-refractivity contribution in [1.29, 1.82) is 0 Å². The van der Waals surface area contributed by atoms with Crippen LogP contribution in [0.1, 0.15) is 36.5 Å². The zero-order valence-electron chi connectivity index (χ0n) is 14.2. The molecule has 2 fully saturated rings. The Morgan fingerprint density at radius 3 is 2.56 bits per heavy atom. The summed E-state index contributed by atoms with van der Waals surface area (Å²) >= 11 is 0. The van der Waals surface area contributed by atoms with Gasteiger partial charge in [-0.2, -0.15) is 0 Å². The molecule has 1 saturated heterocycles. The van der Waals surface area contributed by atoms with Gasteiger partial charge >= 0.3 is 0 Å². The molecule has 3 rings (SSSR count). The minimum atomic E-state index is -0.578. The van der Waals surface area contributed by atoms with Gasteiger partial charge in [-0.1, -0.05) is 6.92 Å². The van der Waals surface area contributed by atoms with Crippen LogP contribution >= 0.6 is 0 Å². The van der Waals surface area contributed by atoms with Gasteiger partial charge in [0, 0.05) is 19.0 Å². The number of anilines is 1. The maximum Gasteiger partial charge on any atom is 0.253 e. The van der Waals surface area contributed by atoms with E-state index in [1.807, 2.05) is 6.92 Å². The molecule has 1 heterocycles. The molecule has 0 radical (unpaired) electrons. The van der Waals surface area contributed by atoms with Crippen molar-refractivity contribution in [3.05, 3.63) is 29.6 Å². The summed E-state index contributed by atoms with van der Waals surface area (Å²) in [6.45, 7) is 3.25. The Morgan fingerprint density at radius 1 is 1.24 bits per heavy atom. The van der Waals surface area contributed by atoms with E-state index in [1.165, 1.54) is 12.1 Å². The molecule has 6 nitrogen and oxygen atoms in total. The lowest BCUT2D eigenvalue weighted by Gasteiger charge is -2.16. The van der Waals surface area contributed by atoms with Gasteiger partial charge in [-0.3, -0.25) is 14.4 Å². The Kier molecular flexibility index (Phi) is 5.01. The van der Waals surface area contributed by atoms with Gasteiger partial charge in [0.05, 0.1) is 17.8 Å². The molecule has 3 amide bonds. The van der Waals surface area contributed by atoms with E-state index in [1.54, 1.807) is 4.90 Å². The molecule has 25 heavy (non-hydrogen) atoms. The summed E-state index contributed by atoms with van der Waals surface area (Å²) in [6.07, 6.45) is 2.76. The van der Waals surface area contributed by atoms with Crippen molar-refractivity contribution in [2.45, 2.75) is 26.2 Å². The predicted molar refractivity (Wildman–Crippen MR) is 90.4 cm³/mol. The second-order valence-corrected chi connectivity index (χ2v) is 6.77. The minimum absolute atomic E-state index is 0.0240. The second-order valence-electron chi connectivity index (χ2n) is 6.77. The fourth-order valence-corrected chi connectivity index (χ4v) is 3.06. The molecule has 0 spiro atoms. The number of nitrogens with one attached hydrogen (secondary N) is 2. The van der Waals surface area contributed by atoms with Crippen LogP contribution in [0.3, 0.4) is 0 Å². The molecule has 1 aliphatic heterocycles. The first-order chi connectivity index (χ1) is 12.0. The van der Waals surface area contributed by atoms with Gasteiger partial charge in [0.25, 0.3) is 5.91 Å². The van der Waals surface area contributed by atoms with Crippen LogP contribution in [0.25, 0.3) is 0 Å². The van der Waals surface area contributed by atoms with Crippen molar-refractivity contribution in [2.24, 2.45) is 11.8 Å². The van der Waals surface area contributed by atoms with E-state index in [4.69, 9.17) is 0 Å². The van der Waals surface area contributed by atoms with Gasteiger partial charge in [-0.15, -0.1) is 0 Å². The Bertz CT molecular complexity index is 701. The lowest BCUT2D eigenvalue weighted by atomic mass is 10.1. The summed E-state index contributed by atoms with van der Waals surface area (Å²) in [7, 11) is 0. The third-order valence-electron chi connectivity index (χ3n) is 4.79. The number of hydrogen-bond acceptors (Lipinski definition) is 3. The Morgan fingerprint density at radius 2 is 1.92 bits per heavy atom. The highest BCUT2D eigenvalue weighted by Crippen LogP contribution is 2.38. The van der Waals surface area contributed by atoms with Crippen LogP contribution in [-0.2, 0) is 9.59 Å². The van der Waals surface area contributed by atoms with E-state index < -0.39 is 11.7 Å². The molecule has 1 saturated carbocycles. The number of hydrogen-bond donors (Lipinski definition) is 2. The molecule has 2 N–H and O–H groups in total. The molecule has 1 aromatic rings. The lowest BCUT2D eigenvalue weighted by molar-refractivity contribution is -0.129. The summed E-state index contributed by atoms with van der Waals surface area (Å²) in [5.41, 5.74) is 0.285. The van der Waals surface area contributed by atoms with Crippen molar-refractivity contribution in [3.63, 3.8) is 0 Å². The van der Waals surface area contributed by atoms with Crippen molar-refractivity contribution in [3.8, 4) is 0 Å². The van der Waals surface area contributed by atoms with Gasteiger partial charge in [0.15, 0.2) is 0 Å². The SMILES string of the molecule is C[C@@H]1C[C@@H]1C(=O)Nc1ccc(F)cc1C(=O)NCC(=O)N1CCCC1. The average Bonchev–Trinajstić information content (AvgIpc) is 3.09. The minimum Gasteiger partial charge on any atom is -0.343 e. The largest absolute Gasteiger partial charge is 0.343 e. The Hall–Kier alpha value is -2.44. The fourth-order valence-electron chi connectivity index (χ4n) is 3.06. The monoisotopic (exact) mass is 347 g/mol. The molecule has 0 aromatic heterocycles. The zero-order valence-corrected chi connectivity index (χ0v) is 14.2. The number of amides is 3. The molecule has 0 unspecified atom stereocenters. The van der Waals surface area contributed by atoms with Crippen LogP contribution in [0.4, 0.5) is 10.1 Å². The van der Waals surface area contributed by atoms with Gasteiger partial charge in [-0.25, -0.2) is 4.39 Å². The van der Waals surface area contributed by atoms with Crippen molar-refractivity contribution in [1.82, 2.24) is 10.2 Å². The smallest absolute Gasteiger partial charge is 0.253 e. The van der Waals surface area contributed by atoms with Gasteiger partial charge in [0.1, 0.15) is 5.82 Å². The standard InChI is InChI=1S/C18H22FN3O3/c1-11-8-13(11)18(25)21-15-5-4-12(19)9-14(15)17(24)20-10-16(23)22-6-2-3-7-22/h4-5,9,11,13H,2-3,6-8,10H2,1H3,(H,20,24)(H,21,25)/t11-,13+/m1/s1. The highest BCUT2D eigenvalue weighted by Gasteiger charge is 2.39. The molecular formula is C18H22FN3O3. The number of nitrogens with zero attached hydrogens (tertiary/aromatic N) is 1. The summed E-state index contributed by atoms with van der Waals surface area (Å²) in [4.78, 5) is 38.2. The van der Waals surface area contributed by atoms with Crippen LogP contribution in [-0.4, -0.2) is 42.3 Å². The number of carbonyl (C=O) groups excluding carboxylic acids is 3. The van der Waals surface area contributed by atoms with Gasteiger partial charge < -0.3 is 15.5 Å². The first-order valence-electron chi connectivity index (χ1n) is 8.62. The normalized spacial score (nSPS) is 21.8. The molecule has 7 heteroatoms. The Balaban J connectivity index is 1.65. The second kappa shape index (κ2) is 7.21.